The van der Waals surface area contributed by atoms with Gasteiger partial charge in [0.15, 0.2) is 10.8 Å². The predicted molar refractivity (Wildman–Crippen MR) is 66.1 cm³/mol. The lowest BCUT2D eigenvalue weighted by Gasteiger charge is -1.95. The average molecular weight is 234 g/mol. The van der Waals surface area contributed by atoms with Crippen LogP contribution in [0.3, 0.4) is 0 Å². The Morgan fingerprint density at radius 1 is 1.69 bits per heavy atom. The van der Waals surface area contributed by atoms with Crippen molar-refractivity contribution in [2.75, 3.05) is 0 Å². The molecule has 0 saturated carbocycles. The van der Waals surface area contributed by atoms with Gasteiger partial charge in [-0.05, 0) is 25.2 Å². The SMILES string of the molecule is Cc1[nH]nc2ncc(/C=N\NC(N)=S)cc12. The van der Waals surface area contributed by atoms with E-state index in [0.717, 1.165) is 16.6 Å². The highest BCUT2D eigenvalue weighted by Gasteiger charge is 2.02. The number of nitrogens with one attached hydrogen (secondary N) is 2. The van der Waals surface area contributed by atoms with Crippen molar-refractivity contribution in [1.82, 2.24) is 20.6 Å². The smallest absolute Gasteiger partial charge is 0.184 e. The minimum absolute atomic E-state index is 0.129. The summed E-state index contributed by atoms with van der Waals surface area (Å²) >= 11 is 4.62. The Kier molecular flexibility index (Phi) is 2.78. The van der Waals surface area contributed by atoms with Crippen LogP contribution in [0.25, 0.3) is 11.0 Å². The first-order valence-corrected chi connectivity index (χ1v) is 4.97. The first-order chi connectivity index (χ1) is 7.66. The van der Waals surface area contributed by atoms with Crippen LogP contribution in [0.2, 0.25) is 0 Å². The molecule has 2 aromatic rings. The third-order valence-electron chi connectivity index (χ3n) is 2.01. The molecule has 0 aliphatic carbocycles. The fourth-order valence-electron chi connectivity index (χ4n) is 1.28. The van der Waals surface area contributed by atoms with Gasteiger partial charge in [0.2, 0.25) is 0 Å². The maximum Gasteiger partial charge on any atom is 0.184 e. The van der Waals surface area contributed by atoms with Crippen LogP contribution in [0.4, 0.5) is 0 Å². The van der Waals surface area contributed by atoms with Crippen LogP contribution in [0.1, 0.15) is 11.3 Å². The quantitative estimate of drug-likeness (QED) is 0.398. The molecule has 4 N–H and O–H groups in total. The lowest BCUT2D eigenvalue weighted by atomic mass is 10.2. The molecule has 7 heteroatoms. The van der Waals surface area contributed by atoms with Crippen LogP contribution in [-0.4, -0.2) is 26.5 Å². The molecule has 0 aromatic carbocycles. The molecule has 0 bridgehead atoms. The highest BCUT2D eigenvalue weighted by atomic mass is 32.1. The van der Waals surface area contributed by atoms with Gasteiger partial charge in [0, 0.05) is 22.8 Å². The van der Waals surface area contributed by atoms with E-state index in [4.69, 9.17) is 5.73 Å². The van der Waals surface area contributed by atoms with E-state index in [1.807, 2.05) is 13.0 Å². The number of rotatable bonds is 2. The van der Waals surface area contributed by atoms with Crippen LogP contribution in [0.5, 0.6) is 0 Å². The Balaban J connectivity index is 2.28. The zero-order valence-corrected chi connectivity index (χ0v) is 9.38. The first-order valence-electron chi connectivity index (χ1n) is 4.56. The number of hydrogen-bond acceptors (Lipinski definition) is 4. The molecule has 0 spiro atoms. The summed E-state index contributed by atoms with van der Waals surface area (Å²) in [5.74, 6) is 0. The maximum absolute atomic E-state index is 5.23. The van der Waals surface area contributed by atoms with Crippen molar-refractivity contribution in [2.24, 2.45) is 10.8 Å². The monoisotopic (exact) mass is 234 g/mol. The number of aromatic nitrogens is 3. The van der Waals surface area contributed by atoms with Gasteiger partial charge in [-0.3, -0.25) is 10.5 Å². The zero-order chi connectivity index (χ0) is 11.5. The molecule has 0 aliphatic rings. The molecule has 0 amide bonds. The van der Waals surface area contributed by atoms with Gasteiger partial charge in [-0.25, -0.2) is 4.98 Å². The largest absolute Gasteiger partial charge is 0.375 e. The van der Waals surface area contributed by atoms with Crippen LogP contribution in [0, 0.1) is 6.92 Å². The van der Waals surface area contributed by atoms with Crippen LogP contribution in [0.15, 0.2) is 17.4 Å². The second-order valence-corrected chi connectivity index (χ2v) is 3.66. The number of thiocarbonyl (C=S) groups is 1. The zero-order valence-electron chi connectivity index (χ0n) is 8.56. The standard InChI is InChI=1S/C9H10N6S/c1-5-7-2-6(4-12-15-9(10)16)3-11-8(7)14-13-5/h2-4H,1H3,(H3,10,15,16)(H,11,13,14)/b12-4-. The molecule has 6 nitrogen and oxygen atoms in total. The molecule has 2 aromatic heterocycles. The van der Waals surface area contributed by atoms with Crippen molar-refractivity contribution >= 4 is 34.6 Å². The summed E-state index contributed by atoms with van der Waals surface area (Å²) in [6, 6.07) is 1.94. The summed E-state index contributed by atoms with van der Waals surface area (Å²) in [6.45, 7) is 1.94. The minimum Gasteiger partial charge on any atom is -0.375 e. The van der Waals surface area contributed by atoms with Crippen molar-refractivity contribution in [2.45, 2.75) is 6.92 Å². The Morgan fingerprint density at radius 2 is 2.50 bits per heavy atom. The summed E-state index contributed by atoms with van der Waals surface area (Å²) in [7, 11) is 0. The summed E-state index contributed by atoms with van der Waals surface area (Å²) in [6.07, 6.45) is 3.27. The summed E-state index contributed by atoms with van der Waals surface area (Å²) in [5, 5.41) is 11.8. The molecular formula is C9H10N6S. The van der Waals surface area contributed by atoms with E-state index >= 15 is 0 Å². The first kappa shape index (κ1) is 10.5. The van der Waals surface area contributed by atoms with Gasteiger partial charge < -0.3 is 5.73 Å². The van der Waals surface area contributed by atoms with E-state index in [-0.39, 0.29) is 5.11 Å². The van der Waals surface area contributed by atoms with E-state index in [9.17, 15) is 0 Å². The van der Waals surface area contributed by atoms with Gasteiger partial charge in [0.1, 0.15) is 0 Å². The van der Waals surface area contributed by atoms with Gasteiger partial charge in [-0.1, -0.05) is 0 Å². The van der Waals surface area contributed by atoms with Crippen molar-refractivity contribution in [3.8, 4) is 0 Å². The van der Waals surface area contributed by atoms with Gasteiger partial charge in [0.05, 0.1) is 6.21 Å². The number of fused-ring (bicyclic) bond motifs is 1. The number of pyridine rings is 1. The molecule has 0 atom stereocenters. The molecule has 0 radical (unpaired) electrons. The number of H-pyrrole nitrogens is 1. The number of nitrogens with two attached hydrogens (primary N) is 1. The van der Waals surface area contributed by atoms with Crippen molar-refractivity contribution < 1.29 is 0 Å². The number of aromatic amines is 1. The number of nitrogens with zero attached hydrogens (tertiary/aromatic N) is 3. The van der Waals surface area contributed by atoms with Gasteiger partial charge in [0.25, 0.3) is 0 Å². The van der Waals surface area contributed by atoms with E-state index < -0.39 is 0 Å². The number of hydrogen-bond donors (Lipinski definition) is 3. The van der Waals surface area contributed by atoms with E-state index in [0.29, 0.717) is 5.65 Å². The Hall–Kier alpha value is -2.02. The summed E-state index contributed by atoms with van der Waals surface area (Å²) < 4.78 is 0. The van der Waals surface area contributed by atoms with Crippen LogP contribution < -0.4 is 11.2 Å². The molecule has 16 heavy (non-hydrogen) atoms. The molecule has 0 unspecified atom stereocenters. The molecule has 2 heterocycles. The van der Waals surface area contributed by atoms with Crippen molar-refractivity contribution in [1.29, 1.82) is 0 Å². The minimum atomic E-state index is 0.129. The average Bonchev–Trinajstić information content (AvgIpc) is 2.60. The normalized spacial score (nSPS) is 11.1. The van der Waals surface area contributed by atoms with Crippen LogP contribution >= 0.6 is 12.2 Å². The summed E-state index contributed by atoms with van der Waals surface area (Å²) in [5.41, 5.74) is 10.2. The Bertz CT molecular complexity index is 558. The lowest BCUT2D eigenvalue weighted by Crippen LogP contribution is -2.23. The Labute approximate surface area is 96.9 Å². The number of hydrazone groups is 1. The molecule has 2 rings (SSSR count). The van der Waals surface area contributed by atoms with E-state index in [1.54, 1.807) is 12.4 Å². The fraction of sp³-hybridized carbons (Fsp3) is 0.111. The molecule has 0 fully saturated rings. The lowest BCUT2D eigenvalue weighted by molar-refractivity contribution is 1.04. The van der Waals surface area contributed by atoms with Crippen molar-refractivity contribution in [3.63, 3.8) is 0 Å². The van der Waals surface area contributed by atoms with Gasteiger partial charge >= 0.3 is 0 Å². The topological polar surface area (TPSA) is 92.0 Å². The highest BCUT2D eigenvalue weighted by Crippen LogP contribution is 2.13. The molecule has 82 valence electrons. The molecule has 0 aliphatic heterocycles. The molecular weight excluding hydrogens is 224 g/mol. The second-order valence-electron chi connectivity index (χ2n) is 3.22. The predicted octanol–water partition coefficient (Wildman–Crippen LogP) is 0.433. The van der Waals surface area contributed by atoms with Gasteiger partial charge in [-0.2, -0.15) is 10.2 Å². The van der Waals surface area contributed by atoms with Crippen molar-refractivity contribution in [3.05, 3.63) is 23.5 Å². The van der Waals surface area contributed by atoms with E-state index in [2.05, 4.69) is 37.9 Å². The third kappa shape index (κ3) is 2.14. The molecule has 0 saturated heterocycles. The fourth-order valence-corrected chi connectivity index (χ4v) is 1.33. The highest BCUT2D eigenvalue weighted by molar-refractivity contribution is 7.80. The second kappa shape index (κ2) is 4.23. The van der Waals surface area contributed by atoms with Crippen LogP contribution in [-0.2, 0) is 0 Å². The van der Waals surface area contributed by atoms with E-state index in [1.165, 1.54) is 0 Å². The maximum atomic E-state index is 5.23. The van der Waals surface area contributed by atoms with Gasteiger partial charge in [-0.15, -0.1) is 0 Å². The third-order valence-corrected chi connectivity index (χ3v) is 2.10. The number of aryl methyl sites for hydroxylation is 1. The summed E-state index contributed by atoms with van der Waals surface area (Å²) in [4.78, 5) is 4.17. The Morgan fingerprint density at radius 3 is 3.25 bits per heavy atom.